The Morgan fingerprint density at radius 1 is 1.32 bits per heavy atom. The number of para-hydroxylation sites is 1. The van der Waals surface area contributed by atoms with Crippen molar-refractivity contribution in [3.8, 4) is 5.75 Å². The van der Waals surface area contributed by atoms with Gasteiger partial charge in [-0.1, -0.05) is 18.2 Å². The Hall–Kier alpha value is -1.86. The van der Waals surface area contributed by atoms with Crippen molar-refractivity contribution >= 4 is 10.0 Å². The van der Waals surface area contributed by atoms with Gasteiger partial charge in [0.2, 0.25) is 0 Å². The van der Waals surface area contributed by atoms with Gasteiger partial charge in [0.25, 0.3) is 10.0 Å². The molecule has 0 spiro atoms. The molecule has 0 saturated carbocycles. The molecule has 0 saturated heterocycles. The van der Waals surface area contributed by atoms with E-state index in [2.05, 4.69) is 10.2 Å². The van der Waals surface area contributed by atoms with Gasteiger partial charge >= 0.3 is 0 Å². The molecule has 6 nitrogen and oxygen atoms in total. The topological polar surface area (TPSA) is 75.3 Å². The van der Waals surface area contributed by atoms with Crippen molar-refractivity contribution in [3.05, 3.63) is 42.1 Å². The molecular weight excluding hydrogens is 266 g/mol. The van der Waals surface area contributed by atoms with Crippen LogP contribution in [0.4, 0.5) is 0 Å². The van der Waals surface area contributed by atoms with E-state index in [9.17, 15) is 8.42 Å². The predicted octanol–water partition coefficient (Wildman–Crippen LogP) is 1.24. The number of hydrogen-bond acceptors (Lipinski definition) is 4. The molecule has 2 aromatic rings. The summed E-state index contributed by atoms with van der Waals surface area (Å²) in [6.07, 6.45) is 1.41. The summed E-state index contributed by atoms with van der Waals surface area (Å²) < 4.78 is 30.9. The Kier molecular flexibility index (Phi) is 3.87. The molecule has 7 heteroatoms. The molecule has 102 valence electrons. The molecule has 1 aromatic heterocycles. The van der Waals surface area contributed by atoms with Gasteiger partial charge in [0.1, 0.15) is 5.75 Å². The van der Waals surface area contributed by atoms with Gasteiger partial charge in [0.05, 0.1) is 13.3 Å². The third-order valence-corrected chi connectivity index (χ3v) is 4.48. The van der Waals surface area contributed by atoms with Crippen LogP contribution in [0.1, 0.15) is 5.56 Å². The van der Waals surface area contributed by atoms with Crippen LogP contribution in [0.5, 0.6) is 5.75 Å². The fourth-order valence-electron chi connectivity index (χ4n) is 1.71. The van der Waals surface area contributed by atoms with Crippen LogP contribution in [-0.4, -0.2) is 37.1 Å². The molecule has 0 aliphatic heterocycles. The molecule has 0 amide bonds. The largest absolute Gasteiger partial charge is 0.496 e. The van der Waals surface area contributed by atoms with E-state index in [-0.39, 0.29) is 11.6 Å². The predicted molar refractivity (Wildman–Crippen MR) is 70.2 cm³/mol. The minimum absolute atomic E-state index is 0.0740. The molecule has 0 bridgehead atoms. The van der Waals surface area contributed by atoms with Crippen LogP contribution in [0.15, 0.2) is 41.6 Å². The number of methoxy groups -OCH3 is 1. The monoisotopic (exact) mass is 281 g/mol. The zero-order valence-corrected chi connectivity index (χ0v) is 11.5. The van der Waals surface area contributed by atoms with Gasteiger partial charge in [-0.3, -0.25) is 5.10 Å². The van der Waals surface area contributed by atoms with E-state index in [1.807, 2.05) is 18.2 Å². The van der Waals surface area contributed by atoms with Crippen LogP contribution >= 0.6 is 0 Å². The Morgan fingerprint density at radius 2 is 2.05 bits per heavy atom. The molecule has 0 fully saturated rings. The number of rotatable bonds is 5. The number of benzene rings is 1. The lowest BCUT2D eigenvalue weighted by molar-refractivity contribution is 0.397. The Labute approximate surface area is 112 Å². The highest BCUT2D eigenvalue weighted by molar-refractivity contribution is 7.89. The summed E-state index contributed by atoms with van der Waals surface area (Å²) in [5.74, 6) is 0.661. The fourth-order valence-corrected chi connectivity index (χ4v) is 2.76. The van der Waals surface area contributed by atoms with Crippen molar-refractivity contribution in [1.82, 2.24) is 14.5 Å². The second-order valence-corrected chi connectivity index (χ2v) is 6.01. The minimum Gasteiger partial charge on any atom is -0.496 e. The van der Waals surface area contributed by atoms with Gasteiger partial charge in [0.15, 0.2) is 5.03 Å². The Balaban J connectivity index is 2.24. The maximum Gasteiger partial charge on any atom is 0.260 e. The number of sulfonamides is 1. The van der Waals surface area contributed by atoms with E-state index < -0.39 is 10.0 Å². The molecule has 19 heavy (non-hydrogen) atoms. The standard InChI is InChI=1S/C12H15N3O3S/c1-15(19(16,17)12-7-8-13-14-12)9-10-5-3-4-6-11(10)18-2/h3-8H,9H2,1-2H3,(H,13,14). The first kappa shape index (κ1) is 13.6. The van der Waals surface area contributed by atoms with Crippen LogP contribution in [0.25, 0.3) is 0 Å². The number of aromatic amines is 1. The Morgan fingerprint density at radius 3 is 2.68 bits per heavy atom. The lowest BCUT2D eigenvalue weighted by Crippen LogP contribution is -2.27. The van der Waals surface area contributed by atoms with Crippen LogP contribution < -0.4 is 4.74 Å². The summed E-state index contributed by atoms with van der Waals surface area (Å²) in [4.78, 5) is 0. The van der Waals surface area contributed by atoms with Crippen LogP contribution in [0.2, 0.25) is 0 Å². The number of ether oxygens (including phenoxy) is 1. The third kappa shape index (κ3) is 2.77. The van der Waals surface area contributed by atoms with E-state index in [1.165, 1.54) is 23.6 Å². The number of nitrogens with zero attached hydrogens (tertiary/aromatic N) is 2. The smallest absolute Gasteiger partial charge is 0.260 e. The molecule has 0 atom stereocenters. The molecule has 0 aliphatic rings. The SMILES string of the molecule is COc1ccccc1CN(C)S(=O)(=O)c1ccn[nH]1. The summed E-state index contributed by atoms with van der Waals surface area (Å²) in [7, 11) is -0.485. The number of H-pyrrole nitrogens is 1. The fraction of sp³-hybridized carbons (Fsp3) is 0.250. The number of aromatic nitrogens is 2. The highest BCUT2D eigenvalue weighted by Gasteiger charge is 2.22. The molecule has 2 rings (SSSR count). The van der Waals surface area contributed by atoms with E-state index >= 15 is 0 Å². The molecule has 1 heterocycles. The first-order valence-corrected chi connectivity index (χ1v) is 7.07. The van der Waals surface area contributed by atoms with Gasteiger partial charge in [-0.05, 0) is 12.1 Å². The van der Waals surface area contributed by atoms with Crippen molar-refractivity contribution in [2.24, 2.45) is 0 Å². The summed E-state index contributed by atoms with van der Waals surface area (Å²) in [5.41, 5.74) is 0.801. The van der Waals surface area contributed by atoms with Crippen LogP contribution in [-0.2, 0) is 16.6 Å². The number of nitrogens with one attached hydrogen (secondary N) is 1. The molecule has 1 aromatic carbocycles. The summed E-state index contributed by atoms with van der Waals surface area (Å²) >= 11 is 0. The zero-order chi connectivity index (χ0) is 13.9. The van der Waals surface area contributed by atoms with Crippen molar-refractivity contribution in [2.75, 3.05) is 14.2 Å². The summed E-state index contributed by atoms with van der Waals surface area (Å²) in [6, 6.07) is 8.73. The van der Waals surface area contributed by atoms with Gasteiger partial charge in [-0.15, -0.1) is 0 Å². The van der Waals surface area contributed by atoms with Crippen LogP contribution in [0.3, 0.4) is 0 Å². The average Bonchev–Trinajstić information content (AvgIpc) is 2.93. The van der Waals surface area contributed by atoms with Crippen molar-refractivity contribution < 1.29 is 13.2 Å². The minimum atomic E-state index is -3.56. The molecule has 0 radical (unpaired) electrons. The molecular formula is C12H15N3O3S. The summed E-state index contributed by atoms with van der Waals surface area (Å²) in [5, 5.41) is 6.19. The van der Waals surface area contributed by atoms with E-state index in [0.717, 1.165) is 5.56 Å². The first-order chi connectivity index (χ1) is 9.05. The third-order valence-electron chi connectivity index (χ3n) is 2.75. The summed E-state index contributed by atoms with van der Waals surface area (Å²) in [6.45, 7) is 0.228. The lowest BCUT2D eigenvalue weighted by atomic mass is 10.2. The molecule has 0 aliphatic carbocycles. The molecule has 0 unspecified atom stereocenters. The van der Waals surface area contributed by atoms with Crippen LogP contribution in [0, 0.1) is 0 Å². The van der Waals surface area contributed by atoms with Gasteiger partial charge in [0, 0.05) is 19.2 Å². The second-order valence-electron chi connectivity index (χ2n) is 3.99. The van der Waals surface area contributed by atoms with Crippen molar-refractivity contribution in [1.29, 1.82) is 0 Å². The first-order valence-electron chi connectivity index (χ1n) is 5.63. The van der Waals surface area contributed by atoms with Gasteiger partial charge in [-0.2, -0.15) is 9.40 Å². The van der Waals surface area contributed by atoms with Crippen molar-refractivity contribution in [2.45, 2.75) is 11.6 Å². The van der Waals surface area contributed by atoms with Gasteiger partial charge < -0.3 is 4.74 Å². The van der Waals surface area contributed by atoms with E-state index in [0.29, 0.717) is 5.75 Å². The average molecular weight is 281 g/mol. The quantitative estimate of drug-likeness (QED) is 0.894. The van der Waals surface area contributed by atoms with Crippen molar-refractivity contribution in [3.63, 3.8) is 0 Å². The zero-order valence-electron chi connectivity index (χ0n) is 10.7. The number of hydrogen-bond donors (Lipinski definition) is 1. The van der Waals surface area contributed by atoms with Gasteiger partial charge in [-0.25, -0.2) is 8.42 Å². The highest BCUT2D eigenvalue weighted by Crippen LogP contribution is 2.21. The van der Waals surface area contributed by atoms with E-state index in [4.69, 9.17) is 4.74 Å². The highest BCUT2D eigenvalue weighted by atomic mass is 32.2. The maximum absolute atomic E-state index is 12.2. The Bertz CT molecular complexity index is 638. The normalized spacial score (nSPS) is 11.7. The maximum atomic E-state index is 12.2. The van der Waals surface area contributed by atoms with E-state index in [1.54, 1.807) is 13.2 Å². The second kappa shape index (κ2) is 5.41. The lowest BCUT2D eigenvalue weighted by Gasteiger charge is -2.17. The molecule has 1 N–H and O–H groups in total.